The SMILES string of the molecule is Cc1nn(C)c(N2CCC(N(C)C)C2)c1C(=N)N. The van der Waals surface area contributed by atoms with Crippen molar-refractivity contribution >= 4 is 11.7 Å². The maximum Gasteiger partial charge on any atom is 0.137 e. The van der Waals surface area contributed by atoms with E-state index in [2.05, 4.69) is 29.0 Å². The van der Waals surface area contributed by atoms with Crippen molar-refractivity contribution in [1.82, 2.24) is 14.7 Å². The van der Waals surface area contributed by atoms with E-state index in [-0.39, 0.29) is 5.84 Å². The molecule has 0 aromatic carbocycles. The van der Waals surface area contributed by atoms with Gasteiger partial charge in [-0.25, -0.2) is 0 Å². The Kier molecular flexibility index (Phi) is 3.30. The van der Waals surface area contributed by atoms with Gasteiger partial charge in [-0.15, -0.1) is 0 Å². The Bertz CT molecular complexity index is 461. The zero-order chi connectivity index (χ0) is 13.4. The minimum atomic E-state index is 0.101. The van der Waals surface area contributed by atoms with E-state index in [4.69, 9.17) is 11.1 Å². The lowest BCUT2D eigenvalue weighted by Crippen LogP contribution is -2.33. The lowest BCUT2D eigenvalue weighted by Gasteiger charge is -2.22. The van der Waals surface area contributed by atoms with E-state index in [0.717, 1.165) is 36.6 Å². The van der Waals surface area contributed by atoms with Crippen molar-refractivity contribution in [1.29, 1.82) is 5.41 Å². The van der Waals surface area contributed by atoms with Crippen LogP contribution < -0.4 is 10.6 Å². The van der Waals surface area contributed by atoms with Gasteiger partial charge < -0.3 is 15.5 Å². The predicted octanol–water partition coefficient (Wildman–Crippen LogP) is 0.153. The minimum Gasteiger partial charge on any atom is -0.384 e. The summed E-state index contributed by atoms with van der Waals surface area (Å²) in [5.74, 6) is 1.08. The highest BCUT2D eigenvalue weighted by molar-refractivity contribution is 6.01. The molecule has 1 unspecified atom stereocenters. The van der Waals surface area contributed by atoms with Crippen LogP contribution in [0.3, 0.4) is 0 Å². The van der Waals surface area contributed by atoms with Crippen molar-refractivity contribution in [3.63, 3.8) is 0 Å². The second kappa shape index (κ2) is 4.61. The molecule has 1 saturated heterocycles. The highest BCUT2D eigenvalue weighted by Gasteiger charge is 2.29. The molecule has 0 saturated carbocycles. The fourth-order valence-corrected chi connectivity index (χ4v) is 2.68. The van der Waals surface area contributed by atoms with Crippen LogP contribution in [0.5, 0.6) is 0 Å². The largest absolute Gasteiger partial charge is 0.384 e. The quantitative estimate of drug-likeness (QED) is 0.592. The van der Waals surface area contributed by atoms with Crippen LogP contribution in [0.25, 0.3) is 0 Å². The van der Waals surface area contributed by atoms with E-state index in [0.29, 0.717) is 6.04 Å². The van der Waals surface area contributed by atoms with Crippen molar-refractivity contribution in [2.24, 2.45) is 12.8 Å². The molecule has 0 bridgehead atoms. The standard InChI is InChI=1S/C12H22N6/c1-8-10(11(13)14)12(17(4)15-8)18-6-5-9(7-18)16(2)3/h9H,5-7H2,1-4H3,(H3,13,14). The summed E-state index contributed by atoms with van der Waals surface area (Å²) in [5.41, 5.74) is 7.29. The Labute approximate surface area is 108 Å². The van der Waals surface area contributed by atoms with Gasteiger partial charge in [0.1, 0.15) is 11.7 Å². The van der Waals surface area contributed by atoms with Gasteiger partial charge in [0.05, 0.1) is 11.3 Å². The molecule has 0 aliphatic carbocycles. The zero-order valence-corrected chi connectivity index (χ0v) is 11.6. The number of likely N-dealkylation sites (N-methyl/N-ethyl adjacent to an activating group) is 1. The zero-order valence-electron chi connectivity index (χ0n) is 11.6. The Hall–Kier alpha value is -1.56. The van der Waals surface area contributed by atoms with E-state index in [1.165, 1.54) is 0 Å². The van der Waals surface area contributed by atoms with Gasteiger partial charge in [0.15, 0.2) is 0 Å². The molecule has 1 aliphatic rings. The van der Waals surface area contributed by atoms with Gasteiger partial charge in [-0.2, -0.15) is 5.10 Å². The number of rotatable bonds is 3. The topological polar surface area (TPSA) is 74.2 Å². The second-order valence-electron chi connectivity index (χ2n) is 5.17. The lowest BCUT2D eigenvalue weighted by atomic mass is 10.2. The maximum absolute atomic E-state index is 7.72. The summed E-state index contributed by atoms with van der Waals surface area (Å²) >= 11 is 0. The van der Waals surface area contributed by atoms with Gasteiger partial charge in [-0.3, -0.25) is 10.1 Å². The summed E-state index contributed by atoms with van der Waals surface area (Å²) in [6.07, 6.45) is 1.13. The van der Waals surface area contributed by atoms with Crippen molar-refractivity contribution in [3.05, 3.63) is 11.3 Å². The highest BCUT2D eigenvalue weighted by atomic mass is 15.4. The van der Waals surface area contributed by atoms with Crippen molar-refractivity contribution in [3.8, 4) is 0 Å². The number of aromatic nitrogens is 2. The van der Waals surface area contributed by atoms with Gasteiger partial charge in [0.2, 0.25) is 0 Å². The average molecular weight is 250 g/mol. The van der Waals surface area contributed by atoms with Crippen LogP contribution in [0.15, 0.2) is 0 Å². The van der Waals surface area contributed by atoms with E-state index < -0.39 is 0 Å². The number of nitrogens with zero attached hydrogens (tertiary/aromatic N) is 4. The van der Waals surface area contributed by atoms with Crippen LogP contribution in [0.1, 0.15) is 17.7 Å². The molecule has 1 aromatic rings. The predicted molar refractivity (Wildman–Crippen MR) is 73.3 cm³/mol. The Balaban J connectivity index is 2.32. The van der Waals surface area contributed by atoms with Crippen LogP contribution in [0, 0.1) is 12.3 Å². The molecule has 0 amide bonds. The third kappa shape index (κ3) is 2.08. The summed E-state index contributed by atoms with van der Waals surface area (Å²) < 4.78 is 1.84. The first kappa shape index (κ1) is 12.9. The molecule has 1 fully saturated rings. The molecule has 1 aliphatic heterocycles. The van der Waals surface area contributed by atoms with E-state index in [1.54, 1.807) is 0 Å². The smallest absolute Gasteiger partial charge is 0.137 e. The van der Waals surface area contributed by atoms with Gasteiger partial charge in [0.25, 0.3) is 0 Å². The summed E-state index contributed by atoms with van der Waals surface area (Å²) in [7, 11) is 6.13. The Morgan fingerprint density at radius 1 is 1.50 bits per heavy atom. The lowest BCUT2D eigenvalue weighted by molar-refractivity contribution is 0.315. The van der Waals surface area contributed by atoms with Crippen LogP contribution in [-0.2, 0) is 7.05 Å². The molecular weight excluding hydrogens is 228 g/mol. The number of nitrogens with two attached hydrogens (primary N) is 1. The molecule has 100 valence electrons. The third-order valence-electron chi connectivity index (χ3n) is 3.65. The van der Waals surface area contributed by atoms with Crippen molar-refractivity contribution in [2.45, 2.75) is 19.4 Å². The molecule has 2 rings (SSSR count). The molecule has 0 spiro atoms. The number of amidine groups is 1. The Morgan fingerprint density at radius 2 is 2.17 bits per heavy atom. The molecule has 1 aromatic heterocycles. The van der Waals surface area contributed by atoms with Gasteiger partial charge >= 0.3 is 0 Å². The average Bonchev–Trinajstić information content (AvgIpc) is 2.81. The van der Waals surface area contributed by atoms with Gasteiger partial charge in [0, 0.05) is 26.2 Å². The summed E-state index contributed by atoms with van der Waals surface area (Å²) in [6.45, 7) is 3.86. The summed E-state index contributed by atoms with van der Waals surface area (Å²) in [6, 6.07) is 0.556. The fourth-order valence-electron chi connectivity index (χ4n) is 2.68. The first-order valence-corrected chi connectivity index (χ1v) is 6.21. The van der Waals surface area contributed by atoms with Gasteiger partial charge in [-0.1, -0.05) is 0 Å². The van der Waals surface area contributed by atoms with Crippen molar-refractivity contribution < 1.29 is 0 Å². The molecule has 3 N–H and O–H groups in total. The minimum absolute atomic E-state index is 0.101. The molecule has 6 heteroatoms. The number of aryl methyl sites for hydroxylation is 2. The van der Waals surface area contributed by atoms with Crippen molar-refractivity contribution in [2.75, 3.05) is 32.1 Å². The monoisotopic (exact) mass is 250 g/mol. The number of nitrogen functional groups attached to an aromatic ring is 1. The molecule has 6 nitrogen and oxygen atoms in total. The highest BCUT2D eigenvalue weighted by Crippen LogP contribution is 2.27. The van der Waals surface area contributed by atoms with E-state index >= 15 is 0 Å². The van der Waals surface area contributed by atoms with Gasteiger partial charge in [-0.05, 0) is 27.4 Å². The molecular formula is C12H22N6. The molecule has 0 radical (unpaired) electrons. The normalized spacial score (nSPS) is 19.8. The number of hydrogen-bond donors (Lipinski definition) is 2. The third-order valence-corrected chi connectivity index (χ3v) is 3.65. The second-order valence-corrected chi connectivity index (χ2v) is 5.17. The molecule has 18 heavy (non-hydrogen) atoms. The van der Waals surface area contributed by atoms with E-state index in [1.807, 2.05) is 18.7 Å². The van der Waals surface area contributed by atoms with Crippen LogP contribution in [0.4, 0.5) is 5.82 Å². The summed E-state index contributed by atoms with van der Waals surface area (Å²) in [5, 5.41) is 12.1. The number of hydrogen-bond acceptors (Lipinski definition) is 4. The fraction of sp³-hybridized carbons (Fsp3) is 0.667. The van der Waals surface area contributed by atoms with E-state index in [9.17, 15) is 0 Å². The first-order valence-electron chi connectivity index (χ1n) is 6.21. The number of anilines is 1. The number of nitrogens with one attached hydrogen (secondary N) is 1. The van der Waals surface area contributed by atoms with Crippen LogP contribution >= 0.6 is 0 Å². The first-order chi connectivity index (χ1) is 8.41. The molecule has 1 atom stereocenters. The Morgan fingerprint density at radius 3 is 2.67 bits per heavy atom. The van der Waals surface area contributed by atoms with Crippen LogP contribution in [-0.4, -0.2) is 53.7 Å². The maximum atomic E-state index is 7.72. The van der Waals surface area contributed by atoms with Crippen LogP contribution in [0.2, 0.25) is 0 Å². The molecule has 2 heterocycles. The summed E-state index contributed by atoms with van der Waals surface area (Å²) in [4.78, 5) is 4.53.